The molecule has 0 radical (unpaired) electrons. The zero-order chi connectivity index (χ0) is 34.6. The number of dihydropyridines is 1. The van der Waals surface area contributed by atoms with Gasteiger partial charge in [-0.2, -0.15) is 0 Å². The second kappa shape index (κ2) is 12.1. The van der Waals surface area contributed by atoms with Crippen molar-refractivity contribution in [3.05, 3.63) is 193 Å². The van der Waals surface area contributed by atoms with Crippen LogP contribution in [0.1, 0.15) is 29.7 Å². The molecule has 4 nitrogen and oxygen atoms in total. The van der Waals surface area contributed by atoms with Gasteiger partial charge in [0.25, 0.3) is 0 Å². The maximum Gasteiger partial charge on any atom is 0.104 e. The van der Waals surface area contributed by atoms with Crippen LogP contribution < -0.4 is 4.90 Å². The van der Waals surface area contributed by atoms with Crippen LogP contribution in [0.15, 0.2) is 181 Å². The number of aromatic nitrogens is 2. The van der Waals surface area contributed by atoms with E-state index in [0.717, 1.165) is 23.1 Å². The summed E-state index contributed by atoms with van der Waals surface area (Å²) in [6.45, 7) is 2.29. The highest BCUT2D eigenvalue weighted by Crippen LogP contribution is 2.53. The number of pyridine rings is 1. The number of hydrogen-bond acceptors (Lipinski definition) is 3. The third-order valence-corrected chi connectivity index (χ3v) is 10.9. The molecule has 4 heterocycles. The van der Waals surface area contributed by atoms with E-state index in [-0.39, 0.29) is 11.6 Å². The number of para-hydroxylation sites is 2. The SMILES string of the molecule is CC12C=CC=NC1c1ccccc1N2c1ccc(-c2ccc(Cc3ccc(-c4ccc(-n5c6ccccc6c6ncccc65)cc4)cc3)cc2)cc1. The lowest BCUT2D eigenvalue weighted by Gasteiger charge is -2.38. The molecule has 2 aliphatic heterocycles. The lowest BCUT2D eigenvalue weighted by Crippen LogP contribution is -2.42. The van der Waals surface area contributed by atoms with E-state index < -0.39 is 0 Å². The van der Waals surface area contributed by atoms with Crippen LogP contribution in [-0.4, -0.2) is 21.3 Å². The van der Waals surface area contributed by atoms with Crippen molar-refractivity contribution in [2.24, 2.45) is 4.99 Å². The van der Waals surface area contributed by atoms with Crippen LogP contribution in [-0.2, 0) is 6.42 Å². The van der Waals surface area contributed by atoms with Crippen molar-refractivity contribution < 1.29 is 0 Å². The van der Waals surface area contributed by atoms with Crippen LogP contribution in [0, 0.1) is 0 Å². The Bertz CT molecular complexity index is 2590. The van der Waals surface area contributed by atoms with Crippen LogP contribution in [0.3, 0.4) is 0 Å². The first-order valence-electron chi connectivity index (χ1n) is 18.0. The van der Waals surface area contributed by atoms with Crippen molar-refractivity contribution >= 4 is 39.5 Å². The van der Waals surface area contributed by atoms with Gasteiger partial charge in [0, 0.05) is 40.4 Å². The van der Waals surface area contributed by atoms with Crippen molar-refractivity contribution in [3.63, 3.8) is 0 Å². The number of fused-ring (bicyclic) bond motifs is 6. The Balaban J connectivity index is 0.839. The van der Waals surface area contributed by atoms with Crippen molar-refractivity contribution in [1.82, 2.24) is 9.55 Å². The molecular formula is C48H36N4. The number of anilines is 2. The largest absolute Gasteiger partial charge is 0.329 e. The summed E-state index contributed by atoms with van der Waals surface area (Å²) in [6, 6.07) is 57.2. The van der Waals surface area contributed by atoms with Gasteiger partial charge in [0.05, 0.1) is 22.1 Å². The van der Waals surface area contributed by atoms with Gasteiger partial charge >= 0.3 is 0 Å². The monoisotopic (exact) mass is 668 g/mol. The molecule has 10 rings (SSSR count). The normalized spacial score (nSPS) is 17.5. The van der Waals surface area contributed by atoms with Gasteiger partial charge in [0.1, 0.15) is 6.04 Å². The average molecular weight is 669 g/mol. The van der Waals surface area contributed by atoms with Crippen molar-refractivity contribution in [2.45, 2.75) is 24.9 Å². The third kappa shape index (κ3) is 4.90. The fourth-order valence-corrected chi connectivity index (χ4v) is 8.34. The highest BCUT2D eigenvalue weighted by atomic mass is 15.3. The second-order valence-corrected chi connectivity index (χ2v) is 14.1. The number of allylic oxidation sites excluding steroid dienone is 1. The summed E-state index contributed by atoms with van der Waals surface area (Å²) in [5, 5.41) is 1.17. The molecule has 248 valence electrons. The Morgan fingerprint density at radius 2 is 1.15 bits per heavy atom. The van der Waals surface area contributed by atoms with Gasteiger partial charge in [0.15, 0.2) is 0 Å². The van der Waals surface area contributed by atoms with Crippen molar-refractivity contribution in [2.75, 3.05) is 4.90 Å². The smallest absolute Gasteiger partial charge is 0.104 e. The summed E-state index contributed by atoms with van der Waals surface area (Å²) in [6.07, 6.45) is 9.05. The molecule has 8 aromatic rings. The second-order valence-electron chi connectivity index (χ2n) is 14.1. The van der Waals surface area contributed by atoms with Crippen LogP contribution in [0.25, 0.3) is 49.9 Å². The summed E-state index contributed by atoms with van der Waals surface area (Å²) in [5.74, 6) is 0. The zero-order valence-corrected chi connectivity index (χ0v) is 28.9. The van der Waals surface area contributed by atoms with Crippen LogP contribution in [0.5, 0.6) is 0 Å². The number of rotatable bonds is 6. The summed E-state index contributed by atoms with van der Waals surface area (Å²) in [4.78, 5) is 12.0. The molecule has 0 saturated heterocycles. The molecule has 0 fully saturated rings. The molecule has 6 aromatic carbocycles. The van der Waals surface area contributed by atoms with Crippen LogP contribution >= 0.6 is 0 Å². The maximum atomic E-state index is 4.87. The highest BCUT2D eigenvalue weighted by Gasteiger charge is 2.47. The van der Waals surface area contributed by atoms with Crippen molar-refractivity contribution in [3.8, 4) is 27.9 Å². The van der Waals surface area contributed by atoms with Gasteiger partial charge in [-0.1, -0.05) is 115 Å². The predicted octanol–water partition coefficient (Wildman–Crippen LogP) is 11.7. The Labute approximate surface area is 303 Å². The minimum absolute atomic E-state index is 0.0972. The number of benzene rings is 6. The molecule has 0 bridgehead atoms. The van der Waals surface area contributed by atoms with E-state index in [1.807, 2.05) is 18.5 Å². The molecule has 52 heavy (non-hydrogen) atoms. The molecule has 0 spiro atoms. The Morgan fingerprint density at radius 1 is 0.577 bits per heavy atom. The average Bonchev–Trinajstić information content (AvgIpc) is 3.68. The quantitative estimate of drug-likeness (QED) is 0.177. The van der Waals surface area contributed by atoms with Crippen LogP contribution in [0.4, 0.5) is 11.4 Å². The topological polar surface area (TPSA) is 33.4 Å². The van der Waals surface area contributed by atoms with Gasteiger partial charge in [-0.25, -0.2) is 0 Å². The minimum Gasteiger partial charge on any atom is -0.329 e. The lowest BCUT2D eigenvalue weighted by atomic mass is 9.88. The van der Waals surface area contributed by atoms with E-state index in [2.05, 4.69) is 185 Å². The molecule has 0 amide bonds. The predicted molar refractivity (Wildman–Crippen MR) is 216 cm³/mol. The molecule has 2 aliphatic rings. The Kier molecular flexibility index (Phi) is 7.03. The highest BCUT2D eigenvalue weighted by molar-refractivity contribution is 6.06. The fraction of sp³-hybridized carbons (Fsp3) is 0.0833. The number of aliphatic imine (C=N–C) groups is 1. The van der Waals surface area contributed by atoms with E-state index in [1.54, 1.807) is 0 Å². The van der Waals surface area contributed by atoms with Crippen molar-refractivity contribution in [1.29, 1.82) is 0 Å². The first-order valence-corrected chi connectivity index (χ1v) is 18.0. The van der Waals surface area contributed by atoms with E-state index in [9.17, 15) is 0 Å². The van der Waals surface area contributed by atoms with E-state index >= 15 is 0 Å². The minimum atomic E-state index is -0.225. The molecule has 2 aromatic heterocycles. The molecule has 2 unspecified atom stereocenters. The van der Waals surface area contributed by atoms with Gasteiger partial charge < -0.3 is 9.47 Å². The van der Waals surface area contributed by atoms with Gasteiger partial charge in [-0.15, -0.1) is 0 Å². The fourth-order valence-electron chi connectivity index (χ4n) is 8.34. The third-order valence-electron chi connectivity index (χ3n) is 10.9. The standard InChI is InChI=1S/C48H36N4/c1-48-29-7-31-50-47(48)42-9-3-5-11-44(42)52(48)40-27-23-38(24-28-40)36-19-15-34(16-20-36)32-33-13-17-35(18-14-33)37-21-25-39(26-22-37)51-43-10-4-2-8-41(43)46-45(51)12-6-30-49-46/h2-31,47H,32H2,1H3. The van der Waals surface area contributed by atoms with E-state index in [4.69, 9.17) is 4.99 Å². The molecule has 0 N–H and O–H groups in total. The number of hydrogen-bond donors (Lipinski definition) is 0. The summed E-state index contributed by atoms with van der Waals surface area (Å²) >= 11 is 0. The first-order chi connectivity index (χ1) is 25.6. The molecule has 2 atom stereocenters. The first kappa shape index (κ1) is 30.3. The summed E-state index contributed by atoms with van der Waals surface area (Å²) in [7, 11) is 0. The van der Waals surface area contributed by atoms with E-state index in [0.29, 0.717) is 0 Å². The van der Waals surface area contributed by atoms with Crippen LogP contribution in [0.2, 0.25) is 0 Å². The number of nitrogens with zero attached hydrogens (tertiary/aromatic N) is 4. The molecule has 4 heteroatoms. The summed E-state index contributed by atoms with van der Waals surface area (Å²) < 4.78 is 2.30. The Hall–Kier alpha value is -6.52. The lowest BCUT2D eigenvalue weighted by molar-refractivity contribution is 0.495. The molecular weight excluding hydrogens is 633 g/mol. The Morgan fingerprint density at radius 3 is 1.85 bits per heavy atom. The van der Waals surface area contributed by atoms with Gasteiger partial charge in [-0.3, -0.25) is 9.98 Å². The van der Waals surface area contributed by atoms with Gasteiger partial charge in [-0.05, 0) is 101 Å². The van der Waals surface area contributed by atoms with Gasteiger partial charge in [0.2, 0.25) is 0 Å². The zero-order valence-electron chi connectivity index (χ0n) is 28.9. The molecule has 0 aliphatic carbocycles. The molecule has 0 saturated carbocycles. The summed E-state index contributed by atoms with van der Waals surface area (Å²) in [5.41, 5.74) is 15.4. The van der Waals surface area contributed by atoms with E-state index in [1.165, 1.54) is 61.2 Å². The maximum absolute atomic E-state index is 4.87.